The number of benzene rings is 1. The average Bonchev–Trinajstić information content (AvgIpc) is 3.14. The number of carboxylic acid groups (broad SMARTS) is 1. The zero-order valence-corrected chi connectivity index (χ0v) is 15.2. The van der Waals surface area contributed by atoms with E-state index in [1.807, 2.05) is 0 Å². The first-order valence-corrected chi connectivity index (χ1v) is 7.99. The minimum absolute atomic E-state index is 0.0979. The highest BCUT2D eigenvalue weighted by atomic mass is 19.4. The molecule has 30 heavy (non-hydrogen) atoms. The number of carbonyl (C=O) groups is 3. The van der Waals surface area contributed by atoms with E-state index in [4.69, 9.17) is 30.6 Å². The highest BCUT2D eigenvalue weighted by molar-refractivity contribution is 6.62. The molecule has 1 aliphatic heterocycles. The van der Waals surface area contributed by atoms with Gasteiger partial charge < -0.3 is 30.6 Å². The number of ether oxygens (including phenoxy) is 3. The lowest BCUT2D eigenvalue weighted by molar-refractivity contribution is -0.192. The van der Waals surface area contributed by atoms with Gasteiger partial charge in [-0.3, -0.25) is 4.79 Å². The predicted molar refractivity (Wildman–Crippen MR) is 92.6 cm³/mol. The van der Waals surface area contributed by atoms with Crippen LogP contribution in [0.1, 0.15) is 18.0 Å². The molecule has 0 aliphatic carbocycles. The summed E-state index contributed by atoms with van der Waals surface area (Å²) in [4.78, 5) is 35.2. The molecule has 0 spiro atoms. The maximum atomic E-state index is 12.0. The second kappa shape index (κ2) is 10.7. The molecule has 0 fully saturated rings. The summed E-state index contributed by atoms with van der Waals surface area (Å²) in [7, 11) is 0. The predicted octanol–water partition coefficient (Wildman–Crippen LogP) is 1.41. The van der Waals surface area contributed by atoms with Gasteiger partial charge in [-0.05, 0) is 17.7 Å². The molecule has 1 atom stereocenters. The lowest BCUT2D eigenvalue weighted by Crippen LogP contribution is -2.30. The molecule has 1 aliphatic rings. The van der Waals surface area contributed by atoms with Crippen LogP contribution < -0.4 is 15.2 Å². The number of hydrogen-bond acceptors (Lipinski definition) is 7. The number of alkyl halides is 3. The molecule has 0 saturated carbocycles. The molecular formula is C17H16F3N3O7. The van der Waals surface area contributed by atoms with Gasteiger partial charge in [0.1, 0.15) is 6.61 Å². The van der Waals surface area contributed by atoms with E-state index in [1.165, 1.54) is 6.08 Å². The molecule has 1 heterocycles. The largest absolute Gasteiger partial charge is 0.490 e. The van der Waals surface area contributed by atoms with E-state index in [0.29, 0.717) is 17.1 Å². The van der Waals surface area contributed by atoms with Gasteiger partial charge in [0, 0.05) is 12.5 Å². The molecule has 0 bridgehead atoms. The summed E-state index contributed by atoms with van der Waals surface area (Å²) < 4.78 is 46.8. The Bertz CT molecular complexity index is 880. The topological polar surface area (TPSA) is 162 Å². The Morgan fingerprint density at radius 2 is 1.93 bits per heavy atom. The quantitative estimate of drug-likeness (QED) is 0.164. The Balaban J connectivity index is 0.000000553. The number of esters is 1. The molecule has 1 aromatic carbocycles. The highest BCUT2D eigenvalue weighted by Crippen LogP contribution is 2.34. The van der Waals surface area contributed by atoms with Crippen LogP contribution in [0, 0.1) is 0 Å². The first kappa shape index (κ1) is 24.3. The van der Waals surface area contributed by atoms with E-state index in [9.17, 15) is 22.8 Å². The van der Waals surface area contributed by atoms with Crippen LogP contribution in [0.15, 0.2) is 30.9 Å². The van der Waals surface area contributed by atoms with Crippen molar-refractivity contribution in [2.75, 3.05) is 13.4 Å². The molecule has 10 nitrogen and oxygen atoms in total. The number of fused-ring (bicyclic) bond motifs is 1. The second-order valence-electron chi connectivity index (χ2n) is 5.49. The summed E-state index contributed by atoms with van der Waals surface area (Å²) in [6.07, 6.45) is -3.99. The number of nitrogens with two attached hydrogens (primary N) is 1. The molecule has 3 N–H and O–H groups in total. The highest BCUT2D eigenvalue weighted by Gasteiger charge is 2.38. The summed E-state index contributed by atoms with van der Waals surface area (Å²) in [5.41, 5.74) is 14.7. The minimum atomic E-state index is -5.08. The van der Waals surface area contributed by atoms with Crippen molar-refractivity contribution in [1.29, 1.82) is 0 Å². The molecule has 0 aromatic heterocycles. The third-order valence-electron chi connectivity index (χ3n) is 3.36. The summed E-state index contributed by atoms with van der Waals surface area (Å²) >= 11 is 0. The zero-order valence-electron chi connectivity index (χ0n) is 15.2. The minimum Gasteiger partial charge on any atom is -0.475 e. The van der Waals surface area contributed by atoms with Crippen LogP contribution in [-0.4, -0.2) is 52.9 Å². The Morgan fingerprint density at radius 1 is 1.33 bits per heavy atom. The van der Waals surface area contributed by atoms with E-state index in [-0.39, 0.29) is 19.8 Å². The van der Waals surface area contributed by atoms with Gasteiger partial charge in [0.15, 0.2) is 11.5 Å². The normalized spacial score (nSPS) is 12.5. The summed E-state index contributed by atoms with van der Waals surface area (Å²) in [5.74, 6) is -3.39. The third kappa shape index (κ3) is 7.04. The number of Topliss-reactive ketones (excluding diaryl/α,β-unsaturated/α-hetero) is 1. The van der Waals surface area contributed by atoms with Gasteiger partial charge in [-0.2, -0.15) is 18.0 Å². The van der Waals surface area contributed by atoms with Crippen LogP contribution in [0.5, 0.6) is 11.5 Å². The third-order valence-corrected chi connectivity index (χ3v) is 3.36. The molecule has 162 valence electrons. The Hall–Kier alpha value is -3.70. The van der Waals surface area contributed by atoms with Gasteiger partial charge in [0.2, 0.25) is 6.79 Å². The van der Waals surface area contributed by atoms with E-state index in [0.717, 1.165) is 0 Å². The fourth-order valence-corrected chi connectivity index (χ4v) is 1.97. The fourth-order valence-electron chi connectivity index (χ4n) is 1.97. The van der Waals surface area contributed by atoms with Gasteiger partial charge in [-0.15, -0.1) is 0 Å². The number of ketones is 1. The standard InChI is InChI=1S/C15H15N3O5.C2HF3O2/c1-2-5-21-15(20)14(18-17)11(19)7-10(16)9-3-4-12-13(6-9)23-8-22-12;3-2(4,5)1(6)7/h2-4,6,10H,1,5,7-8,16H2;(H,6,7)/t10-;/m1./s1. The van der Waals surface area contributed by atoms with Crippen LogP contribution in [-0.2, 0) is 19.1 Å². The monoisotopic (exact) mass is 431 g/mol. The summed E-state index contributed by atoms with van der Waals surface area (Å²) in [6.45, 7) is 3.40. The molecule has 13 heteroatoms. The van der Waals surface area contributed by atoms with E-state index in [1.54, 1.807) is 18.2 Å². The Labute approximate surface area is 167 Å². The number of hydrogen-bond donors (Lipinski definition) is 2. The number of carboxylic acids is 1. The lowest BCUT2D eigenvalue weighted by atomic mass is 10.00. The van der Waals surface area contributed by atoms with Crippen LogP contribution in [0.4, 0.5) is 13.2 Å². The molecule has 0 amide bonds. The van der Waals surface area contributed by atoms with Crippen molar-refractivity contribution in [2.45, 2.75) is 18.6 Å². The van der Waals surface area contributed by atoms with Crippen molar-refractivity contribution < 1.29 is 51.7 Å². The molecule has 0 saturated heterocycles. The van der Waals surface area contributed by atoms with Crippen molar-refractivity contribution >= 4 is 23.4 Å². The van der Waals surface area contributed by atoms with Gasteiger partial charge in [0.05, 0.1) is 0 Å². The maximum Gasteiger partial charge on any atom is 0.490 e. The van der Waals surface area contributed by atoms with Gasteiger partial charge in [-0.25, -0.2) is 9.59 Å². The number of carbonyl (C=O) groups excluding carboxylic acids is 2. The second-order valence-corrected chi connectivity index (χ2v) is 5.49. The first-order chi connectivity index (χ1) is 14.0. The molecule has 1 aromatic rings. The summed E-state index contributed by atoms with van der Waals surface area (Å²) in [6, 6.07) is 4.33. The number of aliphatic carboxylic acids is 1. The van der Waals surface area contributed by atoms with E-state index < -0.39 is 35.7 Å². The SMILES string of the molecule is C=CCOC(=O)C(=[N+]=[N-])C(=O)C[C@@H](N)c1ccc2c(c1)OCO2.O=C(O)C(F)(F)F. The number of rotatable bonds is 7. The Morgan fingerprint density at radius 3 is 2.47 bits per heavy atom. The maximum absolute atomic E-state index is 12.0. The number of nitrogens with zero attached hydrogens (tertiary/aromatic N) is 2. The van der Waals surface area contributed by atoms with Gasteiger partial charge >= 0.3 is 23.8 Å². The van der Waals surface area contributed by atoms with Crippen LogP contribution in [0.2, 0.25) is 0 Å². The van der Waals surface area contributed by atoms with Crippen molar-refractivity contribution in [3.8, 4) is 11.5 Å². The summed E-state index contributed by atoms with van der Waals surface area (Å²) in [5, 5.41) is 7.12. The van der Waals surface area contributed by atoms with E-state index >= 15 is 0 Å². The number of halogens is 3. The van der Waals surface area contributed by atoms with Crippen molar-refractivity contribution in [3.63, 3.8) is 0 Å². The molecule has 0 radical (unpaired) electrons. The Kier molecular flexibility index (Phi) is 8.71. The van der Waals surface area contributed by atoms with Gasteiger partial charge in [0.25, 0.3) is 5.78 Å². The molecule has 0 unspecified atom stereocenters. The smallest absolute Gasteiger partial charge is 0.475 e. The lowest BCUT2D eigenvalue weighted by Gasteiger charge is -2.10. The first-order valence-electron chi connectivity index (χ1n) is 7.99. The van der Waals surface area contributed by atoms with Crippen molar-refractivity contribution in [2.24, 2.45) is 5.73 Å². The molecule has 2 rings (SSSR count). The van der Waals surface area contributed by atoms with Gasteiger partial charge in [-0.1, -0.05) is 18.7 Å². The zero-order chi connectivity index (χ0) is 22.9. The van der Waals surface area contributed by atoms with Crippen molar-refractivity contribution in [3.05, 3.63) is 41.9 Å². The average molecular weight is 431 g/mol. The van der Waals surface area contributed by atoms with Crippen molar-refractivity contribution in [1.82, 2.24) is 0 Å². The fraction of sp³-hybridized carbons (Fsp3) is 0.294. The van der Waals surface area contributed by atoms with E-state index in [2.05, 4.69) is 16.1 Å². The molecular weight excluding hydrogens is 415 g/mol. The van der Waals surface area contributed by atoms with Crippen LogP contribution >= 0.6 is 0 Å². The van der Waals surface area contributed by atoms with Crippen LogP contribution in [0.25, 0.3) is 5.53 Å². The van der Waals surface area contributed by atoms with Crippen LogP contribution in [0.3, 0.4) is 0 Å².